The molecule has 0 heterocycles. The van der Waals surface area contributed by atoms with Crippen molar-refractivity contribution in [3.05, 3.63) is 0 Å². The van der Waals surface area contributed by atoms with Crippen LogP contribution in [0.4, 0.5) is 0 Å². The van der Waals surface area contributed by atoms with E-state index in [0.717, 1.165) is 0 Å². The first kappa shape index (κ1) is 151. The van der Waals surface area contributed by atoms with Crippen molar-refractivity contribution in [2.75, 3.05) is 0 Å². The second-order valence-electron chi connectivity index (χ2n) is 0. The van der Waals surface area contributed by atoms with Crippen molar-refractivity contribution in [3.63, 3.8) is 0 Å². The molecule has 0 saturated heterocycles. The fourth-order valence-electron chi connectivity index (χ4n) is 0. The van der Waals surface area contributed by atoms with Gasteiger partial charge in [0, 0.05) is 150 Å². The minimum atomic E-state index is 0. The zero-order valence-corrected chi connectivity index (χ0v) is 18.8. The van der Waals surface area contributed by atoms with Crippen molar-refractivity contribution < 1.29 is 150 Å². The van der Waals surface area contributed by atoms with E-state index in [0.29, 0.717) is 0 Å². The van der Waals surface area contributed by atoms with Crippen LogP contribution in [0.1, 0.15) is 0 Å². The Kier molecular flexibility index (Phi) is 1700. The number of hydrogen-bond acceptors (Lipinski definition) is 4. The molecule has 0 bridgehead atoms. The van der Waals surface area contributed by atoms with E-state index in [-0.39, 0.29) is 175 Å². The van der Waals surface area contributed by atoms with E-state index in [1.165, 1.54) is 0 Å². The van der Waals surface area contributed by atoms with E-state index >= 15 is 0 Å². The molecule has 12 N–H and O–H groups in total. The van der Waals surface area contributed by atoms with Gasteiger partial charge in [0.1, 0.15) is 0 Å². The molecule has 0 aromatic heterocycles. The van der Waals surface area contributed by atoms with E-state index in [1.54, 1.807) is 0 Å². The molecule has 4 nitrogen and oxygen atoms in total. The Balaban J connectivity index is 0. The van der Waals surface area contributed by atoms with Crippen LogP contribution >= 0.6 is 0 Å². The van der Waals surface area contributed by atoms with Crippen molar-refractivity contribution in [2.24, 2.45) is 0 Å². The van der Waals surface area contributed by atoms with E-state index in [1.807, 2.05) is 0 Å². The van der Waals surface area contributed by atoms with E-state index in [9.17, 15) is 0 Å². The molecule has 0 unspecified atom stereocenters. The van der Waals surface area contributed by atoms with Crippen molar-refractivity contribution in [1.29, 1.82) is 0 Å². The Labute approximate surface area is 171 Å². The fraction of sp³-hybridized carbons (Fsp3) is 0. The van der Waals surface area contributed by atoms with Crippen LogP contribution in [0.15, 0.2) is 0 Å². The third-order valence-electron chi connectivity index (χ3n) is 0. The van der Waals surface area contributed by atoms with Gasteiger partial charge in [0.25, 0.3) is 0 Å². The molecule has 0 fully saturated rings. The smallest absolute Gasteiger partial charge is 0 e. The summed E-state index contributed by atoms with van der Waals surface area (Å²) in [4.78, 5) is 0. The van der Waals surface area contributed by atoms with E-state index in [2.05, 4.69) is 0 Å². The summed E-state index contributed by atoms with van der Waals surface area (Å²) in [5.41, 5.74) is 0. The monoisotopic (exact) mass is 845 g/mol. The van der Waals surface area contributed by atoms with Gasteiger partial charge in [0.2, 0.25) is 0 Å². The zero-order chi connectivity index (χ0) is 0. The molecule has 0 radical (unpaired) electrons. The van der Waals surface area contributed by atoms with Crippen LogP contribution in [0.3, 0.4) is 0 Å². The summed E-state index contributed by atoms with van der Waals surface area (Å²) in [7, 11) is 0. The third-order valence-corrected chi connectivity index (χ3v) is 0. The average molecular weight is 845 g/mol. The average Bonchev–Trinajstić information content (AvgIpc) is 0. The first-order valence-corrected chi connectivity index (χ1v) is 0. The molecule has 11 heavy (non-hydrogen) atoms. The summed E-state index contributed by atoms with van der Waals surface area (Å²) in [6.07, 6.45) is 0. The van der Waals surface area contributed by atoms with Gasteiger partial charge in [0.15, 0.2) is 0 Å². The Morgan fingerprint density at radius 1 is 0.273 bits per heavy atom. The van der Waals surface area contributed by atoms with Crippen LogP contribution < -0.4 is 24.6 Å². The van der Waals surface area contributed by atoms with Gasteiger partial charge >= 0.3 is 0 Å². The number of rotatable bonds is 0. The van der Waals surface area contributed by atoms with Gasteiger partial charge < -0.3 is 24.6 Å². The molecule has 0 aliphatic carbocycles. The normalized spacial score (nSPS) is 0. The van der Waals surface area contributed by atoms with Gasteiger partial charge in [-0.3, -0.25) is 0 Å². The summed E-state index contributed by atoms with van der Waals surface area (Å²) >= 11 is 0. The Hall–Kier alpha value is 4.76. The van der Waals surface area contributed by atoms with Crippen molar-refractivity contribution in [2.45, 2.75) is 0 Å². The minimum Gasteiger partial charge on any atom is -0.344 e. The maximum absolute atomic E-state index is 0. The van der Waals surface area contributed by atoms with Crippen LogP contribution in [0.25, 0.3) is 0 Å². The molecular weight excluding hydrogens is 833 g/mol. The van der Waals surface area contributed by atoms with Crippen LogP contribution in [-0.2, 0) is 150 Å². The van der Waals surface area contributed by atoms with Gasteiger partial charge in [0.05, 0.1) is 0 Å². The van der Waals surface area contributed by atoms with Crippen LogP contribution in [0.5, 0.6) is 0 Å². The molecule has 0 atom stereocenters. The molecule has 78 valence electrons. The molecule has 0 rings (SSSR count). The van der Waals surface area contributed by atoms with Crippen LogP contribution in [0, 0.1) is 0 Å². The molecule has 0 aliphatic heterocycles. The standard InChI is InChI=1S/4H3N.3Pt.4Ti/h4*1H3;;;;;;;. The second kappa shape index (κ2) is 123. The van der Waals surface area contributed by atoms with Gasteiger partial charge in [-0.2, -0.15) is 0 Å². The maximum Gasteiger partial charge on any atom is 0 e. The van der Waals surface area contributed by atoms with Crippen molar-refractivity contribution in [1.82, 2.24) is 24.6 Å². The summed E-state index contributed by atoms with van der Waals surface area (Å²) in [6.45, 7) is 0. The molecular formula is H12N4Pt3Ti4. The number of hydrogen-bond donors (Lipinski definition) is 4. The Bertz CT molecular complexity index is 17.3. The predicted molar refractivity (Wildman–Crippen MR) is 20.1 cm³/mol. The molecule has 0 amide bonds. The largest absolute Gasteiger partial charge is 0.344 e. The summed E-state index contributed by atoms with van der Waals surface area (Å²) in [6, 6.07) is 0. The summed E-state index contributed by atoms with van der Waals surface area (Å²) in [5.74, 6) is 0. The maximum atomic E-state index is 0. The molecule has 0 aromatic rings. The Morgan fingerprint density at radius 3 is 0.273 bits per heavy atom. The SMILES string of the molecule is N.N.N.N.[Pt].[Pt].[Pt].[Ti].[Ti].[Ti].[Ti]. The van der Waals surface area contributed by atoms with Crippen molar-refractivity contribution >= 4 is 0 Å². The first-order chi connectivity index (χ1) is 0. The molecule has 0 saturated carbocycles. The fourth-order valence-corrected chi connectivity index (χ4v) is 0. The van der Waals surface area contributed by atoms with E-state index < -0.39 is 0 Å². The summed E-state index contributed by atoms with van der Waals surface area (Å²) < 4.78 is 0. The topological polar surface area (TPSA) is 140 Å². The van der Waals surface area contributed by atoms with Crippen LogP contribution in [0.2, 0.25) is 0 Å². The van der Waals surface area contributed by atoms with E-state index in [4.69, 9.17) is 0 Å². The van der Waals surface area contributed by atoms with Gasteiger partial charge in [-0.25, -0.2) is 0 Å². The Morgan fingerprint density at radius 2 is 0.273 bits per heavy atom. The minimum absolute atomic E-state index is 0. The zero-order valence-electron chi connectivity index (χ0n) is 5.78. The van der Waals surface area contributed by atoms with Crippen molar-refractivity contribution in [3.8, 4) is 0 Å². The second-order valence-corrected chi connectivity index (χ2v) is 0. The first-order valence-electron chi connectivity index (χ1n) is 0. The van der Waals surface area contributed by atoms with Gasteiger partial charge in [-0.15, -0.1) is 0 Å². The molecule has 0 aliphatic rings. The molecule has 0 spiro atoms. The predicted octanol–water partition coefficient (Wildman–Crippen LogP) is 0.630. The third kappa shape index (κ3) is 106. The van der Waals surface area contributed by atoms with Crippen LogP contribution in [-0.4, -0.2) is 0 Å². The molecule has 11 heteroatoms. The van der Waals surface area contributed by atoms with Gasteiger partial charge in [-0.1, -0.05) is 0 Å². The van der Waals surface area contributed by atoms with Gasteiger partial charge in [-0.05, 0) is 0 Å². The molecule has 0 aromatic carbocycles. The summed E-state index contributed by atoms with van der Waals surface area (Å²) in [5, 5.41) is 0. The quantitative estimate of drug-likeness (QED) is 0.266.